The molecule has 0 spiro atoms. The zero-order valence-electron chi connectivity index (χ0n) is 16.9. The minimum Gasteiger partial charge on any atom is -0.350 e. The summed E-state index contributed by atoms with van der Waals surface area (Å²) in [7, 11) is -3.34. The number of non-ortho nitro benzene ring substituents is 1. The number of sulfonamides is 1. The van der Waals surface area contributed by atoms with Crippen LogP contribution in [-0.4, -0.2) is 72.9 Å². The fraction of sp³-hybridized carbons (Fsp3) is 0.556. The summed E-state index contributed by atoms with van der Waals surface area (Å²) in [6.45, 7) is 0.614. The number of carbonyl (C=O) groups is 2. The van der Waals surface area contributed by atoms with E-state index in [0.717, 1.165) is 12.3 Å². The molecule has 0 saturated carbocycles. The minimum atomic E-state index is -3.34. The molecule has 1 saturated heterocycles. The van der Waals surface area contributed by atoms with E-state index >= 15 is 0 Å². The highest BCUT2D eigenvalue weighted by Crippen LogP contribution is 2.15. The monoisotopic (exact) mass is 458 g/mol. The van der Waals surface area contributed by atoms with Gasteiger partial charge in [-0.25, -0.2) is 12.7 Å². The summed E-state index contributed by atoms with van der Waals surface area (Å²) in [6, 6.07) is 4.11. The third-order valence-corrected chi connectivity index (χ3v) is 6.66. The van der Waals surface area contributed by atoms with Crippen molar-refractivity contribution >= 4 is 39.3 Å². The van der Waals surface area contributed by atoms with Gasteiger partial charge in [-0.05, 0) is 37.3 Å². The van der Waals surface area contributed by atoms with Gasteiger partial charge in [0, 0.05) is 36.8 Å². The highest BCUT2D eigenvalue weighted by atomic mass is 32.2. The Morgan fingerprint density at radius 3 is 2.77 bits per heavy atom. The Labute approximate surface area is 180 Å². The molecule has 1 aliphatic rings. The topological polar surface area (TPSA) is 139 Å². The molecule has 1 aromatic carbocycles. The number of piperidine rings is 1. The molecule has 166 valence electrons. The van der Waals surface area contributed by atoms with E-state index in [0.29, 0.717) is 31.6 Å². The number of rotatable bonds is 9. The quantitative estimate of drug-likeness (QED) is 0.415. The predicted octanol–water partition coefficient (Wildman–Crippen LogP) is 0.987. The van der Waals surface area contributed by atoms with E-state index in [1.165, 1.54) is 34.3 Å². The van der Waals surface area contributed by atoms with Gasteiger partial charge in [-0.15, -0.1) is 0 Å². The summed E-state index contributed by atoms with van der Waals surface area (Å²) in [5.74, 6) is -0.363. The molecule has 1 heterocycles. The fourth-order valence-electron chi connectivity index (χ4n) is 3.17. The Morgan fingerprint density at radius 1 is 1.40 bits per heavy atom. The van der Waals surface area contributed by atoms with Crippen molar-refractivity contribution in [3.05, 3.63) is 39.9 Å². The van der Waals surface area contributed by atoms with Crippen LogP contribution in [-0.2, 0) is 14.8 Å². The molecule has 1 aromatic rings. The summed E-state index contributed by atoms with van der Waals surface area (Å²) in [5, 5.41) is 16.4. The highest BCUT2D eigenvalue weighted by Gasteiger charge is 2.29. The van der Waals surface area contributed by atoms with Gasteiger partial charge in [-0.3, -0.25) is 19.7 Å². The van der Waals surface area contributed by atoms with Crippen LogP contribution < -0.4 is 10.6 Å². The molecule has 2 unspecified atom stereocenters. The van der Waals surface area contributed by atoms with E-state index in [9.17, 15) is 28.1 Å². The highest BCUT2D eigenvalue weighted by molar-refractivity contribution is 7.98. The van der Waals surface area contributed by atoms with Gasteiger partial charge in [0.25, 0.3) is 11.6 Å². The van der Waals surface area contributed by atoms with Crippen molar-refractivity contribution in [1.29, 1.82) is 0 Å². The van der Waals surface area contributed by atoms with Crippen LogP contribution in [0.4, 0.5) is 5.69 Å². The first kappa shape index (κ1) is 24.1. The summed E-state index contributed by atoms with van der Waals surface area (Å²) < 4.78 is 24.9. The molecule has 0 bridgehead atoms. The lowest BCUT2D eigenvalue weighted by molar-refractivity contribution is -0.384. The molecule has 1 fully saturated rings. The Hall–Kier alpha value is -2.18. The molecule has 2 rings (SSSR count). The maximum atomic E-state index is 12.8. The summed E-state index contributed by atoms with van der Waals surface area (Å²) in [4.78, 5) is 35.7. The van der Waals surface area contributed by atoms with Crippen LogP contribution in [0.5, 0.6) is 0 Å². The van der Waals surface area contributed by atoms with E-state index in [4.69, 9.17) is 0 Å². The van der Waals surface area contributed by atoms with Crippen LogP contribution in [0.2, 0.25) is 0 Å². The van der Waals surface area contributed by atoms with Gasteiger partial charge in [0.2, 0.25) is 15.9 Å². The SMILES string of the molecule is CSCCC(NC(=O)c1cccc([N+](=O)[O-])c1)C(=O)NC1CCCN(S(C)(=O)=O)C1. The molecular formula is C18H26N4O6S2. The third-order valence-electron chi connectivity index (χ3n) is 4.75. The number of nitrogens with one attached hydrogen (secondary N) is 2. The fourth-order valence-corrected chi connectivity index (χ4v) is 4.55. The molecule has 0 aliphatic carbocycles. The van der Waals surface area contributed by atoms with Crippen LogP contribution in [0.3, 0.4) is 0 Å². The summed E-state index contributed by atoms with van der Waals surface area (Å²) in [5.41, 5.74) is -0.122. The van der Waals surface area contributed by atoms with E-state index in [-0.39, 0.29) is 23.8 Å². The van der Waals surface area contributed by atoms with Crippen LogP contribution in [0.1, 0.15) is 29.6 Å². The molecule has 30 heavy (non-hydrogen) atoms. The lowest BCUT2D eigenvalue weighted by atomic mass is 10.1. The van der Waals surface area contributed by atoms with E-state index in [2.05, 4.69) is 10.6 Å². The van der Waals surface area contributed by atoms with Crippen molar-refractivity contribution in [2.75, 3.05) is 31.4 Å². The number of hydrogen-bond acceptors (Lipinski definition) is 7. The molecule has 2 N–H and O–H groups in total. The van der Waals surface area contributed by atoms with Gasteiger partial charge >= 0.3 is 0 Å². The summed E-state index contributed by atoms with van der Waals surface area (Å²) >= 11 is 1.52. The Balaban J connectivity index is 2.07. The first-order chi connectivity index (χ1) is 14.1. The number of amides is 2. The van der Waals surface area contributed by atoms with Gasteiger partial charge < -0.3 is 10.6 Å². The molecule has 0 aromatic heterocycles. The average molecular weight is 459 g/mol. The number of thioether (sulfide) groups is 1. The normalized spacial score (nSPS) is 18.4. The molecule has 2 amide bonds. The Bertz CT molecular complexity index is 892. The van der Waals surface area contributed by atoms with Crippen LogP contribution in [0.25, 0.3) is 0 Å². The largest absolute Gasteiger partial charge is 0.350 e. The predicted molar refractivity (Wildman–Crippen MR) is 115 cm³/mol. The van der Waals surface area contributed by atoms with Crippen molar-refractivity contribution in [2.45, 2.75) is 31.3 Å². The second-order valence-electron chi connectivity index (χ2n) is 7.08. The molecule has 0 radical (unpaired) electrons. The molecular weight excluding hydrogens is 432 g/mol. The van der Waals surface area contributed by atoms with Crippen LogP contribution >= 0.6 is 11.8 Å². The maximum Gasteiger partial charge on any atom is 0.270 e. The average Bonchev–Trinajstić information content (AvgIpc) is 2.70. The Morgan fingerprint density at radius 2 is 2.13 bits per heavy atom. The second kappa shape index (κ2) is 10.7. The number of nitro groups is 1. The van der Waals surface area contributed by atoms with Gasteiger partial charge in [-0.1, -0.05) is 6.07 Å². The lowest BCUT2D eigenvalue weighted by Crippen LogP contribution is -2.54. The minimum absolute atomic E-state index is 0.0899. The maximum absolute atomic E-state index is 12.8. The van der Waals surface area contributed by atoms with Crippen LogP contribution in [0, 0.1) is 10.1 Å². The van der Waals surface area contributed by atoms with Gasteiger partial charge in [-0.2, -0.15) is 11.8 Å². The first-order valence-corrected chi connectivity index (χ1v) is 12.7. The molecule has 10 nitrogen and oxygen atoms in total. The smallest absolute Gasteiger partial charge is 0.270 e. The van der Waals surface area contributed by atoms with E-state index < -0.39 is 32.8 Å². The molecule has 12 heteroatoms. The number of nitrogens with zero attached hydrogens (tertiary/aromatic N) is 2. The van der Waals surface area contributed by atoms with Crippen LogP contribution in [0.15, 0.2) is 24.3 Å². The second-order valence-corrected chi connectivity index (χ2v) is 10.1. The zero-order chi connectivity index (χ0) is 22.3. The van der Waals surface area contributed by atoms with Crippen molar-refractivity contribution in [1.82, 2.24) is 14.9 Å². The Kier molecular flexibility index (Phi) is 8.62. The lowest BCUT2D eigenvalue weighted by Gasteiger charge is -2.32. The van der Waals surface area contributed by atoms with E-state index in [1.807, 2.05) is 6.26 Å². The number of nitro benzene ring substituents is 1. The number of benzene rings is 1. The number of hydrogen-bond donors (Lipinski definition) is 2. The van der Waals surface area contributed by atoms with Crippen molar-refractivity contribution < 1.29 is 22.9 Å². The van der Waals surface area contributed by atoms with Crippen molar-refractivity contribution in [3.8, 4) is 0 Å². The van der Waals surface area contributed by atoms with Crippen molar-refractivity contribution in [3.63, 3.8) is 0 Å². The first-order valence-electron chi connectivity index (χ1n) is 9.41. The van der Waals surface area contributed by atoms with E-state index in [1.54, 1.807) is 0 Å². The summed E-state index contributed by atoms with van der Waals surface area (Å²) in [6.07, 6.45) is 4.66. The van der Waals surface area contributed by atoms with Gasteiger partial charge in [0.1, 0.15) is 6.04 Å². The standard InChI is InChI=1S/C18H26N4O6S2/c1-29-10-8-16(20-17(23)13-5-3-7-15(11-13)22(25)26)18(24)19-14-6-4-9-21(12-14)30(2,27)28/h3,5,7,11,14,16H,4,6,8-10,12H2,1-2H3,(H,19,24)(H,20,23). The molecule has 2 atom stereocenters. The third kappa shape index (κ3) is 6.96. The van der Waals surface area contributed by atoms with Gasteiger partial charge in [0.05, 0.1) is 11.2 Å². The number of carbonyl (C=O) groups excluding carboxylic acids is 2. The molecule has 1 aliphatic heterocycles. The van der Waals surface area contributed by atoms with Gasteiger partial charge in [0.15, 0.2) is 0 Å². The zero-order valence-corrected chi connectivity index (χ0v) is 18.5. The van der Waals surface area contributed by atoms with Crippen molar-refractivity contribution in [2.24, 2.45) is 0 Å².